The number of nitrogens with zero attached hydrogens (tertiary/aromatic N) is 4. The summed E-state index contributed by atoms with van der Waals surface area (Å²) in [5, 5.41) is 9.20. The highest BCUT2D eigenvalue weighted by Gasteiger charge is 2.18. The first-order chi connectivity index (χ1) is 20.2. The largest absolute Gasteiger partial charge is 0.478 e. The normalized spacial score (nSPS) is 10.2. The van der Waals surface area contributed by atoms with Crippen molar-refractivity contribution < 1.29 is 29.0 Å². The fourth-order valence-corrected chi connectivity index (χ4v) is 4.39. The fourth-order valence-electron chi connectivity index (χ4n) is 4.39. The van der Waals surface area contributed by atoms with Crippen molar-refractivity contribution in [1.82, 2.24) is 29.7 Å². The van der Waals surface area contributed by atoms with Crippen molar-refractivity contribution in [2.75, 3.05) is 35.3 Å². The first kappa shape index (κ1) is 34.9. The van der Waals surface area contributed by atoms with Gasteiger partial charge in [-0.15, -0.1) is 0 Å². The number of aromatic amines is 2. The minimum Gasteiger partial charge on any atom is -0.478 e. The summed E-state index contributed by atoms with van der Waals surface area (Å²) >= 11 is 0. The third-order valence-electron chi connectivity index (χ3n) is 6.71. The van der Waals surface area contributed by atoms with E-state index < -0.39 is 11.9 Å². The Morgan fingerprint density at radius 2 is 1.07 bits per heavy atom. The van der Waals surface area contributed by atoms with E-state index in [2.05, 4.69) is 19.9 Å². The Balaban J connectivity index is 0.000000300. The number of carbonyl (C=O) groups excluding carboxylic acids is 3. The van der Waals surface area contributed by atoms with Crippen LogP contribution in [0.25, 0.3) is 22.8 Å². The maximum atomic E-state index is 11.9. The van der Waals surface area contributed by atoms with Crippen LogP contribution in [0.4, 0.5) is 0 Å². The maximum Gasteiger partial charge on any atom is 0.338 e. The molecule has 2 amide bonds. The molecule has 44 heavy (non-hydrogen) atoms. The van der Waals surface area contributed by atoms with Crippen LogP contribution < -0.4 is 0 Å². The summed E-state index contributed by atoms with van der Waals surface area (Å²) in [5.41, 5.74) is 6.32. The van der Waals surface area contributed by atoms with Crippen molar-refractivity contribution in [3.63, 3.8) is 0 Å². The summed E-state index contributed by atoms with van der Waals surface area (Å²) in [6.45, 7) is 7.42. The molecule has 4 rings (SSSR count). The second-order valence-electron chi connectivity index (χ2n) is 10.5. The number of H-pyrrole nitrogens is 2. The van der Waals surface area contributed by atoms with E-state index in [1.165, 1.54) is 29.3 Å². The van der Waals surface area contributed by atoms with Crippen molar-refractivity contribution in [2.24, 2.45) is 0 Å². The van der Waals surface area contributed by atoms with Gasteiger partial charge >= 0.3 is 11.9 Å². The van der Waals surface area contributed by atoms with E-state index in [0.29, 0.717) is 39.7 Å². The number of rotatable bonds is 6. The van der Waals surface area contributed by atoms with E-state index in [1.54, 1.807) is 53.3 Å². The predicted octanol–water partition coefficient (Wildman–Crippen LogP) is 4.91. The van der Waals surface area contributed by atoms with Crippen molar-refractivity contribution in [2.45, 2.75) is 35.1 Å². The Kier molecular flexibility index (Phi) is 11.3. The number of hydrogen-bond acceptors (Lipinski definition) is 7. The average molecular weight is 605 g/mol. The van der Waals surface area contributed by atoms with Gasteiger partial charge < -0.3 is 29.6 Å². The molecule has 0 saturated heterocycles. The summed E-state index contributed by atoms with van der Waals surface area (Å²) in [6, 6.07) is 7.02. The van der Waals surface area contributed by atoms with E-state index >= 15 is 0 Å². The Hall–Kier alpha value is -5.26. The number of carbonyl (C=O) groups is 4. The van der Waals surface area contributed by atoms with Crippen LogP contribution in [0.2, 0.25) is 0 Å². The topological polar surface area (TPSA) is 162 Å². The number of imidazole rings is 2. The van der Waals surface area contributed by atoms with Gasteiger partial charge in [0, 0.05) is 39.3 Å². The van der Waals surface area contributed by atoms with Crippen LogP contribution in [-0.2, 0) is 4.74 Å². The molecule has 12 nitrogen and oxygen atoms in total. The first-order valence-corrected chi connectivity index (χ1v) is 13.2. The van der Waals surface area contributed by atoms with Crippen LogP contribution >= 0.6 is 0 Å². The molecule has 2 aromatic heterocycles. The summed E-state index contributed by atoms with van der Waals surface area (Å²) in [7, 11) is 8.01. The second kappa shape index (κ2) is 14.3. The number of aromatic carboxylic acids is 1. The highest BCUT2D eigenvalue weighted by Crippen LogP contribution is 2.26. The first-order valence-electron chi connectivity index (χ1n) is 13.2. The van der Waals surface area contributed by atoms with Crippen molar-refractivity contribution in [3.8, 4) is 22.8 Å². The van der Waals surface area contributed by atoms with Gasteiger partial charge in [0.25, 0.3) is 11.8 Å². The lowest BCUT2D eigenvalue weighted by Crippen LogP contribution is -2.21. The molecule has 0 aliphatic rings. The minimum atomic E-state index is -0.982. The molecule has 3 N–H and O–H groups in total. The van der Waals surface area contributed by atoms with Crippen LogP contribution in [0.15, 0.2) is 36.7 Å². The number of amides is 2. The number of ether oxygens (including phenoxy) is 1. The van der Waals surface area contributed by atoms with Crippen LogP contribution in [0.3, 0.4) is 0 Å². The molecule has 0 aliphatic heterocycles. The lowest BCUT2D eigenvalue weighted by molar-refractivity contribution is 0.0598. The summed E-state index contributed by atoms with van der Waals surface area (Å²) < 4.78 is 4.79. The molecule has 2 aromatic carbocycles. The molecule has 0 aliphatic carbocycles. The van der Waals surface area contributed by atoms with Gasteiger partial charge in [0.05, 0.1) is 30.6 Å². The summed E-state index contributed by atoms with van der Waals surface area (Å²) in [6.07, 6.45) is 2.95. The monoisotopic (exact) mass is 604 g/mol. The predicted molar refractivity (Wildman–Crippen MR) is 168 cm³/mol. The molecule has 0 bridgehead atoms. The number of nitrogens with one attached hydrogen (secondary N) is 2. The Bertz CT molecular complexity index is 1700. The number of hydrogen-bond donors (Lipinski definition) is 3. The van der Waals surface area contributed by atoms with Crippen LogP contribution in [0.1, 0.15) is 71.4 Å². The molecule has 2 heterocycles. The Labute approximate surface area is 257 Å². The van der Waals surface area contributed by atoms with Crippen LogP contribution in [0, 0.1) is 27.7 Å². The van der Waals surface area contributed by atoms with E-state index in [-0.39, 0.29) is 24.8 Å². The molecule has 4 aromatic rings. The van der Waals surface area contributed by atoms with Gasteiger partial charge in [0.2, 0.25) is 0 Å². The standard InChI is InChI=1S/C16H19N3O3.C15H17N3O3.CH4/c1-9-6-10(2)12(16(21)22-5)7-11(9)14-17-8-13(18-14)15(20)19(3)4;1-8-5-9(2)11(15(20)21)6-10(8)13-16-7-12(17-13)14(19)18(3)4;/h6-8H,1-5H3,(H,17,18);5-7H,1-4H3,(H,16,17)(H,20,21);1H4. The Morgan fingerprint density at radius 3 is 1.43 bits per heavy atom. The highest BCUT2D eigenvalue weighted by molar-refractivity contribution is 5.95. The van der Waals surface area contributed by atoms with E-state index in [1.807, 2.05) is 26.8 Å². The van der Waals surface area contributed by atoms with Crippen molar-refractivity contribution >= 4 is 23.8 Å². The molecule has 0 spiro atoms. The van der Waals surface area contributed by atoms with Crippen LogP contribution in [0.5, 0.6) is 0 Å². The Morgan fingerprint density at radius 1 is 0.682 bits per heavy atom. The van der Waals surface area contributed by atoms with Gasteiger partial charge in [0.1, 0.15) is 23.0 Å². The van der Waals surface area contributed by atoms with E-state index in [0.717, 1.165) is 22.3 Å². The fraction of sp³-hybridized carbons (Fsp3) is 0.312. The second-order valence-corrected chi connectivity index (χ2v) is 10.5. The average Bonchev–Trinajstić information content (AvgIpc) is 3.62. The van der Waals surface area contributed by atoms with Gasteiger partial charge in [0.15, 0.2) is 0 Å². The molecular formula is C32H40N6O6. The van der Waals surface area contributed by atoms with Gasteiger partial charge in [-0.2, -0.15) is 0 Å². The molecule has 234 valence electrons. The highest BCUT2D eigenvalue weighted by atomic mass is 16.5. The number of carboxylic acids is 1. The summed E-state index contributed by atoms with van der Waals surface area (Å²) in [4.78, 5) is 64.1. The molecule has 0 atom stereocenters. The smallest absolute Gasteiger partial charge is 0.338 e. The summed E-state index contributed by atoms with van der Waals surface area (Å²) in [5.74, 6) is -0.679. The zero-order chi connectivity index (χ0) is 32.2. The van der Waals surface area contributed by atoms with Gasteiger partial charge in [-0.3, -0.25) is 9.59 Å². The van der Waals surface area contributed by atoms with Crippen molar-refractivity contribution in [3.05, 3.63) is 81.4 Å². The number of methoxy groups -OCH3 is 1. The third-order valence-corrected chi connectivity index (χ3v) is 6.71. The third kappa shape index (κ3) is 7.57. The van der Waals surface area contributed by atoms with E-state index in [4.69, 9.17) is 4.74 Å². The molecule has 0 fully saturated rings. The number of aromatic nitrogens is 4. The van der Waals surface area contributed by atoms with Gasteiger partial charge in [-0.1, -0.05) is 19.6 Å². The molecule has 0 radical (unpaired) electrons. The number of esters is 1. The lowest BCUT2D eigenvalue weighted by Gasteiger charge is -2.10. The van der Waals surface area contributed by atoms with Crippen molar-refractivity contribution in [1.29, 1.82) is 0 Å². The SMILES string of the molecule is C.COC(=O)c1cc(-c2ncc(C(=O)N(C)C)[nH]2)c(C)cc1C.Cc1cc(C)c(-c2ncc(C(=O)N(C)C)[nH]2)cc1C(=O)O. The van der Waals surface area contributed by atoms with Crippen LogP contribution in [-0.4, -0.2) is 93.9 Å². The zero-order valence-electron chi connectivity index (χ0n) is 25.7. The number of benzene rings is 2. The molecular weight excluding hydrogens is 564 g/mol. The minimum absolute atomic E-state index is 0. The number of carboxylic acid groups (broad SMARTS) is 1. The van der Waals surface area contributed by atoms with Gasteiger partial charge in [-0.05, 0) is 62.1 Å². The molecule has 0 unspecified atom stereocenters. The van der Waals surface area contributed by atoms with E-state index in [9.17, 15) is 24.3 Å². The quantitative estimate of drug-likeness (QED) is 0.262. The van der Waals surface area contributed by atoms with Gasteiger partial charge in [-0.25, -0.2) is 19.6 Å². The maximum absolute atomic E-state index is 11.9. The number of aryl methyl sites for hydroxylation is 4. The molecule has 0 saturated carbocycles. The zero-order valence-corrected chi connectivity index (χ0v) is 25.7. The lowest BCUT2D eigenvalue weighted by atomic mass is 9.99. The molecule has 12 heteroatoms.